The molecule has 1 heterocycles. The fourth-order valence-corrected chi connectivity index (χ4v) is 4.00. The van der Waals surface area contributed by atoms with Crippen molar-refractivity contribution in [2.75, 3.05) is 54.2 Å². The Hall–Kier alpha value is 0.0169. The molecule has 0 spiro atoms. The molecule has 0 aliphatic carbocycles. The van der Waals surface area contributed by atoms with E-state index in [-0.39, 0.29) is 0 Å². The molecule has 1 fully saturated rings. The summed E-state index contributed by atoms with van der Waals surface area (Å²) in [5, 5.41) is 0. The predicted molar refractivity (Wildman–Crippen MR) is 77.0 cm³/mol. The summed E-state index contributed by atoms with van der Waals surface area (Å²) < 4.78 is 21.7. The standard InChI is InChI=1S/C13H28NO4Si/c1-15-19(16-2,17-3)13-7-12-18-11-6-10-14-8-4-5-9-14/h6H,4-5,7-13H2,1-3H3. The van der Waals surface area contributed by atoms with E-state index in [0.29, 0.717) is 0 Å². The summed E-state index contributed by atoms with van der Waals surface area (Å²) in [5.74, 6) is 0. The molecule has 1 radical (unpaired) electrons. The zero-order valence-corrected chi connectivity index (χ0v) is 13.5. The van der Waals surface area contributed by atoms with E-state index in [1.807, 2.05) is 0 Å². The third kappa shape index (κ3) is 6.33. The predicted octanol–water partition coefficient (Wildman–Crippen LogP) is 1.57. The maximum absolute atomic E-state index is 5.60. The third-order valence-corrected chi connectivity index (χ3v) is 6.36. The van der Waals surface area contributed by atoms with Crippen LogP contribution in [0.3, 0.4) is 0 Å². The van der Waals surface area contributed by atoms with E-state index in [0.717, 1.165) is 32.2 Å². The highest BCUT2D eigenvalue weighted by Gasteiger charge is 2.36. The minimum absolute atomic E-state index is 0.720. The van der Waals surface area contributed by atoms with Gasteiger partial charge in [0, 0.05) is 46.9 Å². The van der Waals surface area contributed by atoms with Gasteiger partial charge in [-0.3, -0.25) is 0 Å². The molecule has 0 atom stereocenters. The minimum Gasteiger partial charge on any atom is -0.381 e. The molecule has 0 amide bonds. The van der Waals surface area contributed by atoms with Gasteiger partial charge in [-0.15, -0.1) is 0 Å². The fraction of sp³-hybridized carbons (Fsp3) is 0.923. The largest absolute Gasteiger partial charge is 0.500 e. The third-order valence-electron chi connectivity index (χ3n) is 3.53. The Labute approximate surface area is 118 Å². The molecule has 6 heteroatoms. The normalized spacial score (nSPS) is 17.2. The molecule has 0 saturated carbocycles. The van der Waals surface area contributed by atoms with Crippen LogP contribution in [0.2, 0.25) is 6.04 Å². The van der Waals surface area contributed by atoms with E-state index in [9.17, 15) is 0 Å². The van der Waals surface area contributed by atoms with E-state index in [2.05, 4.69) is 11.3 Å². The molecule has 0 N–H and O–H groups in total. The molecule has 0 aromatic rings. The number of rotatable bonds is 11. The Morgan fingerprint density at radius 2 is 1.68 bits per heavy atom. The lowest BCUT2D eigenvalue weighted by molar-refractivity contribution is 0.111. The van der Waals surface area contributed by atoms with Crippen molar-refractivity contribution in [1.82, 2.24) is 4.90 Å². The Morgan fingerprint density at radius 3 is 2.26 bits per heavy atom. The molecule has 0 aromatic heterocycles. The van der Waals surface area contributed by atoms with Crippen molar-refractivity contribution < 1.29 is 18.0 Å². The highest BCUT2D eigenvalue weighted by Crippen LogP contribution is 2.14. The van der Waals surface area contributed by atoms with Crippen molar-refractivity contribution in [2.24, 2.45) is 0 Å². The molecule has 1 aliphatic heterocycles. The van der Waals surface area contributed by atoms with Crippen LogP contribution in [-0.4, -0.2) is 67.9 Å². The van der Waals surface area contributed by atoms with Crippen LogP contribution < -0.4 is 0 Å². The van der Waals surface area contributed by atoms with Crippen LogP contribution in [0.25, 0.3) is 0 Å². The molecule has 19 heavy (non-hydrogen) atoms. The summed E-state index contributed by atoms with van der Waals surface area (Å²) >= 11 is 0. The van der Waals surface area contributed by atoms with Gasteiger partial charge in [-0.05, 0) is 32.4 Å². The van der Waals surface area contributed by atoms with Crippen molar-refractivity contribution in [3.05, 3.63) is 6.42 Å². The van der Waals surface area contributed by atoms with Gasteiger partial charge >= 0.3 is 8.80 Å². The first-order valence-electron chi connectivity index (χ1n) is 7.03. The highest BCUT2D eigenvalue weighted by molar-refractivity contribution is 6.60. The van der Waals surface area contributed by atoms with Crippen LogP contribution in [0.5, 0.6) is 0 Å². The average molecular weight is 290 g/mol. The summed E-state index contributed by atoms with van der Waals surface area (Å²) in [6, 6.07) is 0.794. The second-order valence-corrected chi connectivity index (χ2v) is 7.86. The molecule has 0 bridgehead atoms. The first kappa shape index (κ1) is 17.1. The Morgan fingerprint density at radius 1 is 1.05 bits per heavy atom. The average Bonchev–Trinajstić information content (AvgIpc) is 2.96. The maximum atomic E-state index is 5.60. The topological polar surface area (TPSA) is 40.2 Å². The van der Waals surface area contributed by atoms with Gasteiger partial charge in [0.15, 0.2) is 0 Å². The number of hydrogen-bond acceptors (Lipinski definition) is 5. The second-order valence-electron chi connectivity index (χ2n) is 4.77. The van der Waals surface area contributed by atoms with E-state index in [1.165, 1.54) is 25.9 Å². The molecule has 1 saturated heterocycles. The number of nitrogens with zero attached hydrogens (tertiary/aromatic N) is 1. The van der Waals surface area contributed by atoms with Crippen molar-refractivity contribution in [1.29, 1.82) is 0 Å². The lowest BCUT2D eigenvalue weighted by Gasteiger charge is -2.24. The zero-order chi connectivity index (χ0) is 14.0. The molecule has 113 valence electrons. The highest BCUT2D eigenvalue weighted by atomic mass is 28.4. The summed E-state index contributed by atoms with van der Waals surface area (Å²) in [7, 11) is 2.52. The SMILES string of the molecule is CO[Si](CCCOC[CH]CN1CCCC1)(OC)OC. The minimum atomic E-state index is -2.41. The monoisotopic (exact) mass is 290 g/mol. The first-order chi connectivity index (χ1) is 9.26. The molecule has 0 aromatic carbocycles. The maximum Gasteiger partial charge on any atom is 0.500 e. The lowest BCUT2D eigenvalue weighted by atomic mass is 10.4. The summed E-state index contributed by atoms with van der Waals surface area (Å²) in [6.07, 6.45) is 5.79. The van der Waals surface area contributed by atoms with Crippen LogP contribution >= 0.6 is 0 Å². The van der Waals surface area contributed by atoms with Crippen molar-refractivity contribution in [2.45, 2.75) is 25.3 Å². The Balaban J connectivity index is 1.95. The molecular weight excluding hydrogens is 262 g/mol. The summed E-state index contributed by atoms with van der Waals surface area (Å²) in [4.78, 5) is 2.46. The second kappa shape index (κ2) is 9.85. The van der Waals surface area contributed by atoms with Gasteiger partial charge in [-0.2, -0.15) is 0 Å². The zero-order valence-electron chi connectivity index (χ0n) is 12.5. The van der Waals surface area contributed by atoms with Gasteiger partial charge in [-0.25, -0.2) is 0 Å². The van der Waals surface area contributed by atoms with Crippen LogP contribution in [0, 0.1) is 6.42 Å². The van der Waals surface area contributed by atoms with Crippen LogP contribution in [-0.2, 0) is 18.0 Å². The van der Waals surface area contributed by atoms with Crippen LogP contribution in [0.15, 0.2) is 0 Å². The number of hydrogen-bond donors (Lipinski definition) is 0. The van der Waals surface area contributed by atoms with Gasteiger partial charge in [-0.1, -0.05) is 0 Å². The van der Waals surface area contributed by atoms with Gasteiger partial charge in [0.05, 0.1) is 6.61 Å². The lowest BCUT2D eigenvalue weighted by Crippen LogP contribution is -2.42. The van der Waals surface area contributed by atoms with Gasteiger partial charge in [0.1, 0.15) is 0 Å². The van der Waals surface area contributed by atoms with Gasteiger partial charge < -0.3 is 22.9 Å². The quantitative estimate of drug-likeness (QED) is 0.427. The van der Waals surface area contributed by atoms with Crippen molar-refractivity contribution in [3.8, 4) is 0 Å². The van der Waals surface area contributed by atoms with E-state index >= 15 is 0 Å². The fourth-order valence-electron chi connectivity index (χ4n) is 2.31. The first-order valence-corrected chi connectivity index (χ1v) is 8.97. The summed E-state index contributed by atoms with van der Waals surface area (Å²) in [5.41, 5.74) is 0. The van der Waals surface area contributed by atoms with E-state index < -0.39 is 8.80 Å². The molecule has 1 rings (SSSR count). The summed E-state index contributed by atoms with van der Waals surface area (Å²) in [6.45, 7) is 4.96. The Kier molecular flexibility index (Phi) is 8.85. The molecule has 0 unspecified atom stereocenters. The van der Waals surface area contributed by atoms with Crippen molar-refractivity contribution >= 4 is 8.80 Å². The van der Waals surface area contributed by atoms with E-state index in [1.54, 1.807) is 21.3 Å². The van der Waals surface area contributed by atoms with E-state index in [4.69, 9.17) is 18.0 Å². The van der Waals surface area contributed by atoms with Crippen molar-refractivity contribution in [3.63, 3.8) is 0 Å². The Bertz CT molecular complexity index is 212. The molecular formula is C13H28NO4Si. The molecule has 5 nitrogen and oxygen atoms in total. The number of ether oxygens (including phenoxy) is 1. The van der Waals surface area contributed by atoms with Gasteiger partial charge in [0.25, 0.3) is 0 Å². The van der Waals surface area contributed by atoms with Gasteiger partial charge in [0.2, 0.25) is 0 Å². The molecule has 1 aliphatic rings. The van der Waals surface area contributed by atoms with Crippen LogP contribution in [0.1, 0.15) is 19.3 Å². The smallest absolute Gasteiger partial charge is 0.381 e. The van der Waals surface area contributed by atoms with Crippen LogP contribution in [0.4, 0.5) is 0 Å². The number of likely N-dealkylation sites (tertiary alicyclic amines) is 1.